The topological polar surface area (TPSA) is 84.1 Å². The number of hydrogen-bond donors (Lipinski definition) is 1. The van der Waals surface area contributed by atoms with Gasteiger partial charge in [0.2, 0.25) is 0 Å². The van der Waals surface area contributed by atoms with E-state index in [2.05, 4.69) is 37.6 Å². The second kappa shape index (κ2) is 11.2. The van der Waals surface area contributed by atoms with Gasteiger partial charge in [0.1, 0.15) is 11.6 Å². The average Bonchev–Trinajstić information content (AvgIpc) is 2.98. The van der Waals surface area contributed by atoms with Gasteiger partial charge in [0, 0.05) is 24.0 Å². The van der Waals surface area contributed by atoms with Gasteiger partial charge in [-0.3, -0.25) is 4.79 Å². The fraction of sp³-hybridized carbons (Fsp3) is 0.640. The first-order valence-electron chi connectivity index (χ1n) is 11.4. The number of ether oxygens (including phenoxy) is 1. The minimum absolute atomic E-state index is 0.100. The Bertz CT molecular complexity index is 860. The molecule has 1 aromatic heterocycles. The third-order valence-electron chi connectivity index (χ3n) is 6.57. The van der Waals surface area contributed by atoms with Crippen molar-refractivity contribution in [3.63, 3.8) is 0 Å². The Hall–Kier alpha value is -2.55. The quantitative estimate of drug-likeness (QED) is 0.375. The summed E-state index contributed by atoms with van der Waals surface area (Å²) in [5, 5.41) is 12.4. The molecule has 0 spiro atoms. The van der Waals surface area contributed by atoms with E-state index in [4.69, 9.17) is 4.74 Å². The molecule has 1 fully saturated rings. The van der Waals surface area contributed by atoms with Gasteiger partial charge >= 0.3 is 5.97 Å². The number of aryl methyl sites for hydroxylation is 1. The fourth-order valence-electron chi connectivity index (χ4n) is 4.24. The number of nitriles is 1. The molecular formula is C25H37N3O3. The van der Waals surface area contributed by atoms with E-state index in [0.29, 0.717) is 17.8 Å². The Balaban J connectivity index is 1.99. The van der Waals surface area contributed by atoms with Gasteiger partial charge < -0.3 is 14.6 Å². The number of amides is 1. The van der Waals surface area contributed by atoms with Crippen LogP contribution in [0.2, 0.25) is 0 Å². The minimum Gasteiger partial charge on any atom is -0.451 e. The van der Waals surface area contributed by atoms with Crippen molar-refractivity contribution >= 4 is 18.0 Å². The molecule has 0 aromatic carbocycles. The van der Waals surface area contributed by atoms with Crippen LogP contribution in [0.15, 0.2) is 11.6 Å². The van der Waals surface area contributed by atoms with Crippen LogP contribution in [0, 0.1) is 42.9 Å². The first-order chi connectivity index (χ1) is 14.6. The van der Waals surface area contributed by atoms with Gasteiger partial charge in [-0.15, -0.1) is 0 Å². The molecule has 1 saturated carbocycles. The first-order valence-corrected chi connectivity index (χ1v) is 11.4. The van der Waals surface area contributed by atoms with Crippen LogP contribution in [0.3, 0.4) is 0 Å². The zero-order valence-corrected chi connectivity index (χ0v) is 19.8. The van der Waals surface area contributed by atoms with Crippen molar-refractivity contribution in [2.75, 3.05) is 6.61 Å². The molecule has 0 bridgehead atoms. The van der Waals surface area contributed by atoms with Crippen molar-refractivity contribution in [1.82, 2.24) is 9.88 Å². The zero-order chi connectivity index (χ0) is 23.1. The molecule has 31 heavy (non-hydrogen) atoms. The van der Waals surface area contributed by atoms with Gasteiger partial charge in [0.05, 0.1) is 0 Å². The number of hydrogen-bond acceptors (Lipinski definition) is 4. The van der Waals surface area contributed by atoms with Crippen molar-refractivity contribution in [3.05, 3.63) is 28.6 Å². The van der Waals surface area contributed by atoms with Crippen molar-refractivity contribution < 1.29 is 14.3 Å². The van der Waals surface area contributed by atoms with Crippen LogP contribution in [0.5, 0.6) is 0 Å². The number of esters is 1. The highest BCUT2D eigenvalue weighted by Crippen LogP contribution is 2.29. The maximum atomic E-state index is 12.4. The lowest BCUT2D eigenvalue weighted by atomic mass is 9.78. The van der Waals surface area contributed by atoms with Gasteiger partial charge in [0.15, 0.2) is 6.61 Å². The summed E-state index contributed by atoms with van der Waals surface area (Å²) >= 11 is 0. The van der Waals surface area contributed by atoms with Crippen molar-refractivity contribution in [2.24, 2.45) is 17.8 Å². The van der Waals surface area contributed by atoms with E-state index in [-0.39, 0.29) is 24.1 Å². The summed E-state index contributed by atoms with van der Waals surface area (Å²) in [4.78, 5) is 24.7. The molecule has 0 radical (unpaired) electrons. The minimum atomic E-state index is -0.769. The molecule has 0 unspecified atom stereocenters. The molecule has 0 aliphatic heterocycles. The summed E-state index contributed by atoms with van der Waals surface area (Å²) in [6, 6.07) is 4.00. The Kier molecular flexibility index (Phi) is 8.91. The van der Waals surface area contributed by atoms with Crippen LogP contribution in [-0.2, 0) is 20.9 Å². The zero-order valence-electron chi connectivity index (χ0n) is 19.8. The highest BCUT2D eigenvalue weighted by molar-refractivity contribution is 5.99. The van der Waals surface area contributed by atoms with Crippen molar-refractivity contribution in [1.29, 1.82) is 5.26 Å². The van der Waals surface area contributed by atoms with Crippen LogP contribution < -0.4 is 5.32 Å². The van der Waals surface area contributed by atoms with Crippen LogP contribution in [0.25, 0.3) is 6.08 Å². The van der Waals surface area contributed by atoms with Crippen LogP contribution in [0.1, 0.15) is 70.3 Å². The molecule has 1 amide bonds. The highest BCUT2D eigenvalue weighted by Gasteiger charge is 2.28. The predicted octanol–water partition coefficient (Wildman–Crippen LogP) is 4.54. The van der Waals surface area contributed by atoms with Crippen molar-refractivity contribution in [2.45, 2.75) is 79.8 Å². The summed E-state index contributed by atoms with van der Waals surface area (Å²) in [6.45, 7) is 13.2. The molecule has 1 N–H and O–H groups in total. The van der Waals surface area contributed by atoms with Gasteiger partial charge in [-0.25, -0.2) is 4.79 Å². The number of carbonyl (C=O) groups excluding carboxylic acids is 2. The SMILES string of the molecule is Cc1cc(/C=C(\C#N)C(=O)OCC(=O)N[C@H]2CCC[C@@H](C)[C@@H]2C)c(C)n1CCC(C)C. The van der Waals surface area contributed by atoms with E-state index in [1.807, 2.05) is 26.0 Å². The van der Waals surface area contributed by atoms with E-state index < -0.39 is 5.97 Å². The highest BCUT2D eigenvalue weighted by atomic mass is 16.5. The Morgan fingerprint density at radius 3 is 2.68 bits per heavy atom. The largest absolute Gasteiger partial charge is 0.451 e. The molecule has 6 nitrogen and oxygen atoms in total. The molecule has 170 valence electrons. The lowest BCUT2D eigenvalue weighted by Crippen LogP contribution is -2.45. The van der Waals surface area contributed by atoms with E-state index in [0.717, 1.165) is 42.8 Å². The Morgan fingerprint density at radius 1 is 1.32 bits per heavy atom. The van der Waals surface area contributed by atoms with E-state index >= 15 is 0 Å². The third kappa shape index (κ3) is 6.72. The second-order valence-corrected chi connectivity index (χ2v) is 9.35. The summed E-state index contributed by atoms with van der Waals surface area (Å²) < 4.78 is 7.34. The van der Waals surface area contributed by atoms with Gasteiger partial charge in [-0.1, -0.05) is 40.5 Å². The molecule has 0 saturated heterocycles. The number of rotatable bonds is 8. The Labute approximate surface area is 186 Å². The first kappa shape index (κ1) is 24.7. The van der Waals surface area contributed by atoms with Crippen LogP contribution in [-0.4, -0.2) is 29.1 Å². The number of nitrogens with one attached hydrogen (secondary N) is 1. The fourth-order valence-corrected chi connectivity index (χ4v) is 4.24. The molecule has 3 atom stereocenters. The summed E-state index contributed by atoms with van der Waals surface area (Å²) in [5.41, 5.74) is 2.82. The molecule has 1 aliphatic carbocycles. The average molecular weight is 428 g/mol. The number of carbonyl (C=O) groups is 2. The lowest BCUT2D eigenvalue weighted by Gasteiger charge is -2.34. The molecular weight excluding hydrogens is 390 g/mol. The van der Waals surface area contributed by atoms with Gasteiger partial charge in [-0.05, 0) is 62.1 Å². The molecule has 6 heteroatoms. The lowest BCUT2D eigenvalue weighted by molar-refractivity contribution is -0.144. The van der Waals surface area contributed by atoms with Crippen LogP contribution in [0.4, 0.5) is 0 Å². The second-order valence-electron chi connectivity index (χ2n) is 9.35. The number of aromatic nitrogens is 1. The molecule has 2 rings (SSSR count). The number of nitrogens with zero attached hydrogens (tertiary/aromatic N) is 2. The maximum absolute atomic E-state index is 12.4. The van der Waals surface area contributed by atoms with Gasteiger partial charge in [0.25, 0.3) is 5.91 Å². The normalized spacial score (nSPS) is 21.6. The van der Waals surface area contributed by atoms with Gasteiger partial charge in [-0.2, -0.15) is 5.26 Å². The predicted molar refractivity (Wildman–Crippen MR) is 122 cm³/mol. The monoisotopic (exact) mass is 427 g/mol. The molecule has 1 heterocycles. The van der Waals surface area contributed by atoms with E-state index in [9.17, 15) is 14.9 Å². The standard InChI is InChI=1S/C25H37N3O3/c1-16(2)10-11-28-18(4)12-21(20(28)6)13-22(14-26)25(30)31-15-24(29)27-23-9-7-8-17(3)19(23)5/h12-13,16-17,19,23H,7-11,15H2,1-6H3,(H,27,29)/b22-13+/t17-,19+,23+/m1/s1. The molecule has 1 aromatic rings. The molecule has 1 aliphatic rings. The van der Waals surface area contributed by atoms with E-state index in [1.165, 1.54) is 6.42 Å². The summed E-state index contributed by atoms with van der Waals surface area (Å²) in [6.07, 6.45) is 5.82. The Morgan fingerprint density at radius 2 is 2.03 bits per heavy atom. The smallest absolute Gasteiger partial charge is 0.349 e. The van der Waals surface area contributed by atoms with Crippen molar-refractivity contribution in [3.8, 4) is 6.07 Å². The third-order valence-corrected chi connectivity index (χ3v) is 6.57. The van der Waals surface area contributed by atoms with Crippen LogP contribution >= 0.6 is 0 Å². The maximum Gasteiger partial charge on any atom is 0.349 e. The summed E-state index contributed by atoms with van der Waals surface area (Å²) in [5.74, 6) is 0.470. The summed E-state index contributed by atoms with van der Waals surface area (Å²) in [7, 11) is 0. The van der Waals surface area contributed by atoms with E-state index in [1.54, 1.807) is 6.08 Å².